The van der Waals surface area contributed by atoms with E-state index in [1.165, 1.54) is 5.56 Å². The molecule has 0 saturated carbocycles. The van der Waals surface area contributed by atoms with Crippen molar-refractivity contribution in [3.63, 3.8) is 0 Å². The van der Waals surface area contributed by atoms with Crippen LogP contribution in [-0.2, 0) is 25.7 Å². The summed E-state index contributed by atoms with van der Waals surface area (Å²) in [5.74, 6) is -4.91. The second-order valence-corrected chi connectivity index (χ2v) is 7.67. The van der Waals surface area contributed by atoms with Crippen LogP contribution < -0.4 is 0 Å². The maximum absolute atomic E-state index is 11.9. The Hall–Kier alpha value is -2.94. The molecule has 15 heteroatoms. The third kappa shape index (κ3) is 9.68. The normalized spacial score (nSPS) is 22.2. The number of ether oxygens (including phenoxy) is 1. The molecule has 0 spiro atoms. The third-order valence-corrected chi connectivity index (χ3v) is 5.26. The number of carbonyl (C=O) groups excluding carboxylic acids is 1. The van der Waals surface area contributed by atoms with Crippen LogP contribution in [0.25, 0.3) is 0 Å². The van der Waals surface area contributed by atoms with Crippen molar-refractivity contribution in [2.24, 2.45) is 5.92 Å². The average molecular weight is 517 g/mol. The SMILES string of the molecule is CO[C@@H]1CCN(C(C)=O)[C@@H]2CN(Cc3cccnc3)C[C@@H]21.O=C(O)C(F)(F)F.O=C(O)C(F)(F)F. The van der Waals surface area contributed by atoms with Gasteiger partial charge in [-0.1, -0.05) is 6.07 Å². The molecule has 0 bridgehead atoms. The molecular weight excluding hydrogens is 492 g/mol. The summed E-state index contributed by atoms with van der Waals surface area (Å²) >= 11 is 0. The molecule has 2 aliphatic heterocycles. The molecule has 3 rings (SSSR count). The number of nitrogens with zero attached hydrogens (tertiary/aromatic N) is 3. The lowest BCUT2D eigenvalue weighted by molar-refractivity contribution is -0.193. The predicted octanol–water partition coefficient (Wildman–Crippen LogP) is 2.42. The number of piperidine rings is 1. The van der Waals surface area contributed by atoms with Gasteiger partial charge in [0.25, 0.3) is 0 Å². The van der Waals surface area contributed by atoms with Gasteiger partial charge in [-0.2, -0.15) is 26.3 Å². The number of rotatable bonds is 3. The van der Waals surface area contributed by atoms with Gasteiger partial charge in [-0.3, -0.25) is 14.7 Å². The topological polar surface area (TPSA) is 120 Å². The molecule has 0 aromatic carbocycles. The van der Waals surface area contributed by atoms with Crippen LogP contribution in [0, 0.1) is 5.92 Å². The number of hydrogen-bond acceptors (Lipinski definition) is 6. The summed E-state index contributed by atoms with van der Waals surface area (Å²) in [5.41, 5.74) is 1.22. The summed E-state index contributed by atoms with van der Waals surface area (Å²) in [6.07, 6.45) is -5.24. The van der Waals surface area contributed by atoms with Crippen molar-refractivity contribution in [1.82, 2.24) is 14.8 Å². The van der Waals surface area contributed by atoms with E-state index in [1.807, 2.05) is 17.2 Å². The molecular formula is C20H25F6N3O6. The monoisotopic (exact) mass is 517 g/mol. The van der Waals surface area contributed by atoms with Crippen LogP contribution >= 0.6 is 0 Å². The fraction of sp³-hybridized carbons (Fsp3) is 0.600. The summed E-state index contributed by atoms with van der Waals surface area (Å²) in [7, 11) is 1.79. The maximum atomic E-state index is 11.9. The van der Waals surface area contributed by atoms with E-state index in [1.54, 1.807) is 20.2 Å². The summed E-state index contributed by atoms with van der Waals surface area (Å²) < 4.78 is 69.1. The number of amides is 1. The van der Waals surface area contributed by atoms with Gasteiger partial charge in [-0.05, 0) is 18.1 Å². The van der Waals surface area contributed by atoms with E-state index in [0.29, 0.717) is 5.92 Å². The molecule has 3 heterocycles. The van der Waals surface area contributed by atoms with Crippen LogP contribution in [0.5, 0.6) is 0 Å². The number of carboxylic acid groups (broad SMARTS) is 2. The molecule has 0 unspecified atom stereocenters. The number of likely N-dealkylation sites (tertiary alicyclic amines) is 2. The number of methoxy groups -OCH3 is 1. The smallest absolute Gasteiger partial charge is 0.475 e. The molecule has 35 heavy (non-hydrogen) atoms. The van der Waals surface area contributed by atoms with E-state index in [9.17, 15) is 31.1 Å². The van der Waals surface area contributed by atoms with Crippen molar-refractivity contribution in [3.8, 4) is 0 Å². The number of halogens is 6. The van der Waals surface area contributed by atoms with Gasteiger partial charge in [0.05, 0.1) is 12.1 Å². The lowest BCUT2D eigenvalue weighted by Crippen LogP contribution is -2.52. The highest BCUT2D eigenvalue weighted by atomic mass is 19.4. The van der Waals surface area contributed by atoms with Gasteiger partial charge in [-0.25, -0.2) is 9.59 Å². The number of pyridine rings is 1. The first-order chi connectivity index (χ1) is 16.1. The minimum Gasteiger partial charge on any atom is -0.475 e. The molecule has 1 amide bonds. The summed E-state index contributed by atoms with van der Waals surface area (Å²) in [6, 6.07) is 4.36. The zero-order valence-corrected chi connectivity index (χ0v) is 18.7. The van der Waals surface area contributed by atoms with Gasteiger partial charge >= 0.3 is 24.3 Å². The molecule has 2 aliphatic rings. The van der Waals surface area contributed by atoms with Crippen molar-refractivity contribution in [3.05, 3.63) is 30.1 Å². The first kappa shape index (κ1) is 30.1. The van der Waals surface area contributed by atoms with E-state index < -0.39 is 24.3 Å². The zero-order valence-electron chi connectivity index (χ0n) is 18.7. The van der Waals surface area contributed by atoms with Crippen molar-refractivity contribution < 1.29 is 55.7 Å². The summed E-state index contributed by atoms with van der Waals surface area (Å²) in [5, 5.41) is 14.2. The van der Waals surface area contributed by atoms with Crippen LogP contribution in [-0.4, -0.2) is 94.1 Å². The lowest BCUT2D eigenvalue weighted by atomic mass is 9.89. The number of alkyl halides is 6. The number of hydrogen-bond donors (Lipinski definition) is 2. The molecule has 0 radical (unpaired) electrons. The minimum absolute atomic E-state index is 0.183. The number of aromatic nitrogens is 1. The Labute approximate surface area is 196 Å². The lowest BCUT2D eigenvalue weighted by Gasteiger charge is -2.40. The van der Waals surface area contributed by atoms with E-state index in [-0.39, 0.29) is 18.1 Å². The van der Waals surface area contributed by atoms with Crippen molar-refractivity contribution in [2.75, 3.05) is 26.7 Å². The van der Waals surface area contributed by atoms with Gasteiger partial charge in [0.1, 0.15) is 0 Å². The van der Waals surface area contributed by atoms with Crippen molar-refractivity contribution in [1.29, 1.82) is 0 Å². The Balaban J connectivity index is 0.000000362. The Morgan fingerprint density at radius 1 is 1.09 bits per heavy atom. The van der Waals surface area contributed by atoms with E-state index >= 15 is 0 Å². The maximum Gasteiger partial charge on any atom is 0.490 e. The first-order valence-corrected chi connectivity index (χ1v) is 10.1. The molecule has 2 fully saturated rings. The molecule has 3 atom stereocenters. The van der Waals surface area contributed by atoms with Crippen molar-refractivity contribution >= 4 is 17.8 Å². The van der Waals surface area contributed by atoms with Crippen molar-refractivity contribution in [2.45, 2.75) is 44.4 Å². The highest BCUT2D eigenvalue weighted by molar-refractivity contribution is 5.74. The molecule has 2 saturated heterocycles. The van der Waals surface area contributed by atoms with Crippen LogP contribution in [0.3, 0.4) is 0 Å². The average Bonchev–Trinajstić information content (AvgIpc) is 3.16. The summed E-state index contributed by atoms with van der Waals surface area (Å²) in [6.45, 7) is 5.30. The van der Waals surface area contributed by atoms with E-state index in [2.05, 4.69) is 16.0 Å². The second-order valence-electron chi connectivity index (χ2n) is 7.67. The largest absolute Gasteiger partial charge is 0.490 e. The predicted molar refractivity (Wildman–Crippen MR) is 107 cm³/mol. The highest BCUT2D eigenvalue weighted by Gasteiger charge is 2.45. The number of aliphatic carboxylic acids is 2. The number of carboxylic acids is 2. The molecule has 9 nitrogen and oxygen atoms in total. The number of carbonyl (C=O) groups is 3. The van der Waals surface area contributed by atoms with Crippen LogP contribution in [0.15, 0.2) is 24.5 Å². The Morgan fingerprint density at radius 2 is 1.63 bits per heavy atom. The van der Waals surface area contributed by atoms with Crippen LogP contribution in [0.2, 0.25) is 0 Å². The Morgan fingerprint density at radius 3 is 2.03 bits per heavy atom. The van der Waals surface area contributed by atoms with E-state index in [0.717, 1.165) is 32.6 Å². The highest BCUT2D eigenvalue weighted by Crippen LogP contribution is 2.33. The second kappa shape index (κ2) is 12.7. The third-order valence-electron chi connectivity index (χ3n) is 5.26. The fourth-order valence-electron chi connectivity index (χ4n) is 3.80. The molecule has 198 valence electrons. The quantitative estimate of drug-likeness (QED) is 0.587. The number of fused-ring (bicyclic) bond motifs is 1. The van der Waals surface area contributed by atoms with Crippen LogP contribution in [0.4, 0.5) is 26.3 Å². The fourth-order valence-corrected chi connectivity index (χ4v) is 3.80. The summed E-state index contributed by atoms with van der Waals surface area (Å²) in [4.78, 5) is 38.3. The minimum atomic E-state index is -5.08. The van der Waals surface area contributed by atoms with Gasteiger partial charge in [0.2, 0.25) is 5.91 Å². The first-order valence-electron chi connectivity index (χ1n) is 10.1. The van der Waals surface area contributed by atoms with Gasteiger partial charge in [0, 0.05) is 58.5 Å². The molecule has 1 aromatic heterocycles. The standard InChI is InChI=1S/C16H23N3O2.2C2HF3O2/c1-12(20)19-7-5-16(21-2)14-10-18(11-15(14)19)9-13-4-3-6-17-8-13;2*3-2(4,5)1(6)7/h3-4,6,8,14-16H,5,7,9-11H2,1-2H3;2*(H,6,7)/t14-,15+,16+;;/m0../s1. The van der Waals surface area contributed by atoms with Crippen LogP contribution in [0.1, 0.15) is 18.9 Å². The van der Waals surface area contributed by atoms with E-state index in [4.69, 9.17) is 24.5 Å². The Kier molecular flexibility index (Phi) is 10.9. The zero-order chi connectivity index (χ0) is 27.0. The van der Waals surface area contributed by atoms with Gasteiger partial charge < -0.3 is 19.8 Å². The Bertz CT molecular complexity index is 828. The molecule has 0 aliphatic carbocycles. The van der Waals surface area contributed by atoms with Gasteiger partial charge in [-0.15, -0.1) is 0 Å². The molecule has 1 aromatic rings. The van der Waals surface area contributed by atoms with Gasteiger partial charge in [0.15, 0.2) is 0 Å². The molecule has 2 N–H and O–H groups in total.